The van der Waals surface area contributed by atoms with Crippen molar-refractivity contribution in [2.24, 2.45) is 5.92 Å². The molecule has 3 atom stereocenters. The van der Waals surface area contributed by atoms with E-state index >= 15 is 0 Å². The number of esters is 1. The van der Waals surface area contributed by atoms with Gasteiger partial charge in [0.15, 0.2) is 0 Å². The molecule has 2 saturated heterocycles. The molecule has 4 heteroatoms. The Balaban J connectivity index is 1.97. The molecule has 0 spiro atoms. The number of fused-ring (bicyclic) bond motifs is 1. The predicted octanol–water partition coefficient (Wildman–Crippen LogP) is 0.951. The Hall–Kier alpha value is -0.870. The molecule has 0 aromatic carbocycles. The maximum absolute atomic E-state index is 11.6. The van der Waals surface area contributed by atoms with Gasteiger partial charge in [-0.25, -0.2) is 4.79 Å². The Morgan fingerprint density at radius 1 is 1.53 bits per heavy atom. The van der Waals surface area contributed by atoms with Gasteiger partial charge in [-0.2, -0.15) is 0 Å². The molecule has 0 aromatic heterocycles. The molecule has 2 fully saturated rings. The van der Waals surface area contributed by atoms with Crippen molar-refractivity contribution in [3.05, 3.63) is 11.6 Å². The van der Waals surface area contributed by atoms with Crippen molar-refractivity contribution >= 4 is 5.97 Å². The Kier molecular flexibility index (Phi) is 3.84. The molecule has 0 amide bonds. The average Bonchev–Trinajstić information content (AvgIpc) is 2.75. The zero-order chi connectivity index (χ0) is 12.4. The van der Waals surface area contributed by atoms with E-state index in [1.165, 1.54) is 12.5 Å². The summed E-state index contributed by atoms with van der Waals surface area (Å²) < 4.78 is 5.45. The summed E-state index contributed by atoms with van der Waals surface area (Å²) in [6.07, 6.45) is 3.67. The van der Waals surface area contributed by atoms with Crippen molar-refractivity contribution in [2.45, 2.75) is 38.8 Å². The second-order valence-corrected chi connectivity index (χ2v) is 5.25. The van der Waals surface area contributed by atoms with Gasteiger partial charge in [-0.1, -0.05) is 5.57 Å². The molecule has 0 saturated carbocycles. The van der Waals surface area contributed by atoms with Crippen LogP contribution in [-0.2, 0) is 9.53 Å². The second kappa shape index (κ2) is 5.19. The van der Waals surface area contributed by atoms with Crippen molar-refractivity contribution in [2.75, 3.05) is 19.7 Å². The van der Waals surface area contributed by atoms with Crippen LogP contribution in [0.3, 0.4) is 0 Å². The lowest BCUT2D eigenvalue weighted by atomic mass is 9.97. The van der Waals surface area contributed by atoms with Crippen LogP contribution >= 0.6 is 0 Å². The predicted molar refractivity (Wildman–Crippen MR) is 64.5 cm³/mol. The van der Waals surface area contributed by atoms with Crippen molar-refractivity contribution < 1.29 is 14.6 Å². The number of aliphatic hydroxyl groups excluding tert-OH is 1. The first-order valence-corrected chi connectivity index (χ1v) is 6.32. The lowest BCUT2D eigenvalue weighted by molar-refractivity contribution is -0.144. The highest BCUT2D eigenvalue weighted by atomic mass is 16.5. The fourth-order valence-electron chi connectivity index (χ4n) is 2.96. The number of rotatable bonds is 3. The second-order valence-electron chi connectivity index (χ2n) is 5.25. The number of hydrogen-bond acceptors (Lipinski definition) is 4. The summed E-state index contributed by atoms with van der Waals surface area (Å²) in [5.41, 5.74) is 0.939. The normalized spacial score (nSPS) is 32.3. The molecular formula is C13H21NO3. The lowest BCUT2D eigenvalue weighted by Gasteiger charge is -2.20. The van der Waals surface area contributed by atoms with E-state index in [-0.39, 0.29) is 24.6 Å². The van der Waals surface area contributed by atoms with Crippen LogP contribution in [0.1, 0.15) is 26.7 Å². The van der Waals surface area contributed by atoms with Crippen LogP contribution in [0.15, 0.2) is 11.6 Å². The number of allylic oxidation sites excluding steroid dienone is 1. The quantitative estimate of drug-likeness (QED) is 0.588. The Morgan fingerprint density at radius 2 is 2.29 bits per heavy atom. The summed E-state index contributed by atoms with van der Waals surface area (Å²) in [7, 11) is 0. The first kappa shape index (κ1) is 12.6. The molecule has 0 radical (unpaired) electrons. The monoisotopic (exact) mass is 239 g/mol. The average molecular weight is 239 g/mol. The molecule has 0 unspecified atom stereocenters. The maximum atomic E-state index is 11.6. The van der Waals surface area contributed by atoms with Gasteiger partial charge in [0, 0.05) is 24.6 Å². The summed E-state index contributed by atoms with van der Waals surface area (Å²) in [6.45, 7) is 5.69. The van der Waals surface area contributed by atoms with Gasteiger partial charge in [0.2, 0.25) is 0 Å². The van der Waals surface area contributed by atoms with Gasteiger partial charge in [-0.15, -0.1) is 0 Å². The number of hydrogen-bond donors (Lipinski definition) is 1. The van der Waals surface area contributed by atoms with E-state index < -0.39 is 0 Å². The van der Waals surface area contributed by atoms with Gasteiger partial charge in [0.25, 0.3) is 0 Å². The molecule has 96 valence electrons. The summed E-state index contributed by atoms with van der Waals surface area (Å²) in [4.78, 5) is 13.9. The minimum Gasteiger partial charge on any atom is -0.457 e. The van der Waals surface area contributed by atoms with E-state index in [1.54, 1.807) is 0 Å². The zero-order valence-corrected chi connectivity index (χ0v) is 10.6. The smallest absolute Gasteiger partial charge is 0.331 e. The molecule has 2 aliphatic rings. The van der Waals surface area contributed by atoms with Gasteiger partial charge in [0.1, 0.15) is 6.10 Å². The molecule has 0 bridgehead atoms. The van der Waals surface area contributed by atoms with Crippen LogP contribution < -0.4 is 0 Å². The first-order chi connectivity index (χ1) is 8.11. The summed E-state index contributed by atoms with van der Waals surface area (Å²) in [5.74, 6) is -0.193. The lowest BCUT2D eigenvalue weighted by Crippen LogP contribution is -2.31. The third kappa shape index (κ3) is 2.69. The SMILES string of the molecule is CC(C)=CC(=O)O[C@@H]1CN2CCC[C@H]2[C@@H]1CO. The van der Waals surface area contributed by atoms with Crippen LogP contribution in [0, 0.1) is 5.92 Å². The molecule has 4 nitrogen and oxygen atoms in total. The van der Waals surface area contributed by atoms with Gasteiger partial charge in [-0.3, -0.25) is 4.90 Å². The number of ether oxygens (including phenoxy) is 1. The van der Waals surface area contributed by atoms with E-state index in [9.17, 15) is 9.90 Å². The largest absolute Gasteiger partial charge is 0.457 e. The standard InChI is InChI=1S/C13H21NO3/c1-9(2)6-13(16)17-12-7-14-5-3-4-11(14)10(12)8-15/h6,10-12,15H,3-5,7-8H2,1-2H3/t10-,11-,12+/m0/s1. The summed E-state index contributed by atoms with van der Waals surface area (Å²) in [5, 5.41) is 9.44. The van der Waals surface area contributed by atoms with Gasteiger partial charge < -0.3 is 9.84 Å². The Labute approximate surface area is 102 Å². The van der Waals surface area contributed by atoms with Crippen molar-refractivity contribution in [3.63, 3.8) is 0 Å². The van der Waals surface area contributed by atoms with Crippen LogP contribution in [0.5, 0.6) is 0 Å². The number of nitrogens with zero attached hydrogens (tertiary/aromatic N) is 1. The molecule has 1 N–H and O–H groups in total. The molecular weight excluding hydrogens is 218 g/mol. The third-order valence-electron chi connectivity index (χ3n) is 3.69. The summed E-state index contributed by atoms with van der Waals surface area (Å²) in [6, 6.07) is 0.407. The van der Waals surface area contributed by atoms with Gasteiger partial charge in [0.05, 0.1) is 6.61 Å². The molecule has 0 aliphatic carbocycles. The van der Waals surface area contributed by atoms with Crippen LogP contribution in [0.25, 0.3) is 0 Å². The van der Waals surface area contributed by atoms with Crippen molar-refractivity contribution in [3.8, 4) is 0 Å². The Morgan fingerprint density at radius 3 is 2.94 bits per heavy atom. The molecule has 0 aromatic rings. The minimum absolute atomic E-state index is 0.0898. The van der Waals surface area contributed by atoms with Gasteiger partial charge in [-0.05, 0) is 33.2 Å². The fourth-order valence-corrected chi connectivity index (χ4v) is 2.96. The summed E-state index contributed by atoms with van der Waals surface area (Å²) >= 11 is 0. The first-order valence-electron chi connectivity index (χ1n) is 6.32. The van der Waals surface area contributed by atoms with E-state index in [4.69, 9.17) is 4.74 Å². The maximum Gasteiger partial charge on any atom is 0.331 e. The van der Waals surface area contributed by atoms with Gasteiger partial charge >= 0.3 is 5.97 Å². The molecule has 2 rings (SSSR count). The van der Waals surface area contributed by atoms with Crippen LogP contribution in [0.2, 0.25) is 0 Å². The van der Waals surface area contributed by atoms with E-state index in [1.807, 2.05) is 13.8 Å². The fraction of sp³-hybridized carbons (Fsp3) is 0.769. The topological polar surface area (TPSA) is 49.8 Å². The molecule has 2 aliphatic heterocycles. The van der Waals surface area contributed by atoms with Crippen molar-refractivity contribution in [1.82, 2.24) is 4.90 Å². The Bertz CT molecular complexity index is 323. The number of carbonyl (C=O) groups is 1. The van der Waals surface area contributed by atoms with E-state index in [0.717, 1.165) is 25.1 Å². The van der Waals surface area contributed by atoms with E-state index in [0.29, 0.717) is 6.04 Å². The van der Waals surface area contributed by atoms with Crippen molar-refractivity contribution in [1.29, 1.82) is 0 Å². The number of carbonyl (C=O) groups excluding carboxylic acids is 1. The zero-order valence-electron chi connectivity index (χ0n) is 10.6. The van der Waals surface area contributed by atoms with E-state index in [2.05, 4.69) is 4.90 Å². The molecule has 2 heterocycles. The third-order valence-corrected chi connectivity index (χ3v) is 3.69. The molecule has 17 heavy (non-hydrogen) atoms. The minimum atomic E-state index is -0.283. The highest BCUT2D eigenvalue weighted by molar-refractivity contribution is 5.82. The van der Waals surface area contributed by atoms with Crippen LogP contribution in [0.4, 0.5) is 0 Å². The van der Waals surface area contributed by atoms with Crippen LogP contribution in [-0.4, -0.2) is 47.8 Å². The highest BCUT2D eigenvalue weighted by Crippen LogP contribution is 2.34. The highest BCUT2D eigenvalue weighted by Gasteiger charge is 2.45. The number of aliphatic hydroxyl groups is 1.